The van der Waals surface area contributed by atoms with Crippen LogP contribution in [0.25, 0.3) is 0 Å². The quantitative estimate of drug-likeness (QED) is 0.642. The molecule has 0 aliphatic heterocycles. The Morgan fingerprint density at radius 1 is 1.20 bits per heavy atom. The minimum atomic E-state index is -0.945. The van der Waals surface area contributed by atoms with Crippen LogP contribution in [0.2, 0.25) is 0 Å². The Labute approximate surface area is 87.1 Å². The number of hydrogen-bond donors (Lipinski definition) is 0. The van der Waals surface area contributed by atoms with Crippen LogP contribution in [-0.4, -0.2) is 5.78 Å². The molecule has 1 aromatic carbocycles. The zero-order chi connectivity index (χ0) is 11.2. The van der Waals surface area contributed by atoms with Gasteiger partial charge in [-0.2, -0.15) is 0 Å². The number of ketones is 1. The predicted molar refractivity (Wildman–Crippen MR) is 52.9 cm³/mol. The highest BCUT2D eigenvalue weighted by molar-refractivity contribution is 5.99. The molecule has 0 bridgehead atoms. The molecule has 0 N–H and O–H groups in total. The van der Waals surface area contributed by atoms with Gasteiger partial charge in [0, 0.05) is 12.0 Å². The van der Waals surface area contributed by atoms with E-state index in [2.05, 4.69) is 0 Å². The van der Waals surface area contributed by atoms with Gasteiger partial charge in [-0.3, -0.25) is 4.79 Å². The van der Waals surface area contributed by atoms with E-state index >= 15 is 0 Å². The molecule has 15 heavy (non-hydrogen) atoms. The molecule has 80 valence electrons. The first-order valence-electron chi connectivity index (χ1n) is 4.94. The first-order chi connectivity index (χ1) is 6.92. The molecule has 0 atom stereocenters. The lowest BCUT2D eigenvalue weighted by molar-refractivity contribution is 0.0956. The van der Waals surface area contributed by atoms with Crippen molar-refractivity contribution in [2.45, 2.75) is 32.1 Å². The first-order valence-corrected chi connectivity index (χ1v) is 4.94. The van der Waals surface area contributed by atoms with E-state index in [0.29, 0.717) is 24.0 Å². The molecule has 1 aliphatic rings. The molecule has 3 heteroatoms. The molecule has 0 radical (unpaired) electrons. The summed E-state index contributed by atoms with van der Waals surface area (Å²) in [6.07, 6.45) is 1.09. The number of carbonyl (C=O) groups is 1. The highest BCUT2D eigenvalue weighted by Gasteiger charge is 2.32. The predicted octanol–water partition coefficient (Wildman–Crippen LogP) is 3.22. The molecular formula is C12H12F2O. The molecule has 2 rings (SSSR count). The lowest BCUT2D eigenvalue weighted by Crippen LogP contribution is -2.27. The Balaban J connectivity index is 2.68. The van der Waals surface area contributed by atoms with Crippen LogP contribution in [0.1, 0.15) is 42.6 Å². The van der Waals surface area contributed by atoms with Gasteiger partial charge in [0.2, 0.25) is 0 Å². The number of Topliss-reactive ketones (excluding diaryl/α,β-unsaturated/α-hetero) is 1. The highest BCUT2D eigenvalue weighted by Crippen LogP contribution is 2.37. The van der Waals surface area contributed by atoms with Gasteiger partial charge >= 0.3 is 0 Å². The van der Waals surface area contributed by atoms with Crippen LogP contribution in [0.15, 0.2) is 12.1 Å². The van der Waals surface area contributed by atoms with E-state index in [1.165, 1.54) is 0 Å². The summed E-state index contributed by atoms with van der Waals surface area (Å²) in [5, 5.41) is 0. The number of hydrogen-bond acceptors (Lipinski definition) is 1. The molecule has 1 nitrogen and oxygen atoms in total. The van der Waals surface area contributed by atoms with Crippen molar-refractivity contribution < 1.29 is 13.6 Å². The third kappa shape index (κ3) is 1.56. The minimum absolute atomic E-state index is 0.0942. The van der Waals surface area contributed by atoms with E-state index < -0.39 is 11.6 Å². The van der Waals surface area contributed by atoms with Crippen molar-refractivity contribution >= 4 is 5.78 Å². The number of carbonyl (C=O) groups excluding carboxylic acids is 1. The largest absolute Gasteiger partial charge is 0.294 e. The maximum atomic E-state index is 13.1. The third-order valence-corrected chi connectivity index (χ3v) is 3.07. The van der Waals surface area contributed by atoms with Gasteiger partial charge < -0.3 is 0 Å². The molecule has 0 unspecified atom stereocenters. The van der Waals surface area contributed by atoms with Crippen LogP contribution >= 0.6 is 0 Å². The summed E-state index contributed by atoms with van der Waals surface area (Å²) < 4.78 is 26.1. The SMILES string of the molecule is CC1(C)CCC(=O)c2cc(F)c(F)cc21. The van der Waals surface area contributed by atoms with Gasteiger partial charge in [-0.1, -0.05) is 13.8 Å². The second kappa shape index (κ2) is 3.12. The number of benzene rings is 1. The Morgan fingerprint density at radius 3 is 2.47 bits per heavy atom. The third-order valence-electron chi connectivity index (χ3n) is 3.07. The molecule has 0 spiro atoms. The van der Waals surface area contributed by atoms with Crippen LogP contribution in [0, 0.1) is 11.6 Å². The molecule has 0 saturated heterocycles. The van der Waals surface area contributed by atoms with Crippen LogP contribution in [0.4, 0.5) is 8.78 Å². The van der Waals surface area contributed by atoms with Crippen molar-refractivity contribution in [3.8, 4) is 0 Å². The topological polar surface area (TPSA) is 17.1 Å². The second-order valence-electron chi connectivity index (χ2n) is 4.62. The summed E-state index contributed by atoms with van der Waals surface area (Å²) in [4.78, 5) is 11.5. The summed E-state index contributed by atoms with van der Waals surface area (Å²) in [7, 11) is 0. The van der Waals surface area contributed by atoms with Gasteiger partial charge in [-0.15, -0.1) is 0 Å². The zero-order valence-corrected chi connectivity index (χ0v) is 8.73. The molecular weight excluding hydrogens is 198 g/mol. The number of halogens is 2. The summed E-state index contributed by atoms with van der Waals surface area (Å²) in [5.74, 6) is -1.92. The molecule has 0 heterocycles. The van der Waals surface area contributed by atoms with E-state index in [4.69, 9.17) is 0 Å². The van der Waals surface area contributed by atoms with Crippen molar-refractivity contribution in [2.75, 3.05) is 0 Å². The number of fused-ring (bicyclic) bond motifs is 1. The monoisotopic (exact) mass is 210 g/mol. The van der Waals surface area contributed by atoms with Gasteiger partial charge in [0.1, 0.15) is 0 Å². The van der Waals surface area contributed by atoms with E-state index in [0.717, 1.165) is 12.1 Å². The van der Waals surface area contributed by atoms with Crippen LogP contribution in [0.3, 0.4) is 0 Å². The second-order valence-corrected chi connectivity index (χ2v) is 4.62. The fourth-order valence-corrected chi connectivity index (χ4v) is 2.03. The number of rotatable bonds is 0. The Bertz CT molecular complexity index is 435. The lowest BCUT2D eigenvalue weighted by Gasteiger charge is -2.31. The average molecular weight is 210 g/mol. The Kier molecular flexibility index (Phi) is 2.14. The van der Waals surface area contributed by atoms with Gasteiger partial charge in [0.15, 0.2) is 17.4 Å². The molecule has 0 aromatic heterocycles. The fraction of sp³-hybridized carbons (Fsp3) is 0.417. The van der Waals surface area contributed by atoms with Crippen molar-refractivity contribution in [2.24, 2.45) is 0 Å². The fourth-order valence-electron chi connectivity index (χ4n) is 2.03. The maximum absolute atomic E-state index is 13.1. The van der Waals surface area contributed by atoms with Gasteiger partial charge in [0.25, 0.3) is 0 Å². The van der Waals surface area contributed by atoms with Gasteiger partial charge in [-0.05, 0) is 29.5 Å². The Hall–Kier alpha value is -1.25. The van der Waals surface area contributed by atoms with Gasteiger partial charge in [0.05, 0.1) is 0 Å². The molecule has 1 aliphatic carbocycles. The molecule has 0 amide bonds. The summed E-state index contributed by atoms with van der Waals surface area (Å²) >= 11 is 0. The van der Waals surface area contributed by atoms with E-state index in [1.807, 2.05) is 13.8 Å². The standard InChI is InChI=1S/C12H12F2O/c1-12(2)4-3-11(15)7-5-9(13)10(14)6-8(7)12/h5-6H,3-4H2,1-2H3. The maximum Gasteiger partial charge on any atom is 0.163 e. The van der Waals surface area contributed by atoms with Crippen molar-refractivity contribution in [1.82, 2.24) is 0 Å². The van der Waals surface area contributed by atoms with Crippen LogP contribution in [-0.2, 0) is 5.41 Å². The highest BCUT2D eigenvalue weighted by atomic mass is 19.2. The summed E-state index contributed by atoms with van der Waals surface area (Å²) in [6.45, 7) is 3.88. The molecule has 0 saturated carbocycles. The van der Waals surface area contributed by atoms with Gasteiger partial charge in [-0.25, -0.2) is 8.78 Å². The Morgan fingerprint density at radius 2 is 1.80 bits per heavy atom. The smallest absolute Gasteiger partial charge is 0.163 e. The van der Waals surface area contributed by atoms with Crippen LogP contribution in [0.5, 0.6) is 0 Å². The first kappa shape index (κ1) is 10.3. The van der Waals surface area contributed by atoms with Crippen molar-refractivity contribution in [3.63, 3.8) is 0 Å². The normalized spacial score (nSPS) is 18.8. The molecule has 0 fully saturated rings. The van der Waals surface area contributed by atoms with Crippen molar-refractivity contribution in [3.05, 3.63) is 34.9 Å². The lowest BCUT2D eigenvalue weighted by atomic mass is 9.72. The molecule has 1 aromatic rings. The van der Waals surface area contributed by atoms with E-state index in [-0.39, 0.29) is 11.2 Å². The van der Waals surface area contributed by atoms with E-state index in [1.54, 1.807) is 0 Å². The van der Waals surface area contributed by atoms with Crippen LogP contribution < -0.4 is 0 Å². The van der Waals surface area contributed by atoms with Crippen molar-refractivity contribution in [1.29, 1.82) is 0 Å². The average Bonchev–Trinajstić information content (AvgIpc) is 2.16. The van der Waals surface area contributed by atoms with E-state index in [9.17, 15) is 13.6 Å². The summed E-state index contributed by atoms with van der Waals surface area (Å²) in [6, 6.07) is 2.18. The zero-order valence-electron chi connectivity index (χ0n) is 8.73. The minimum Gasteiger partial charge on any atom is -0.294 e. The summed E-state index contributed by atoms with van der Waals surface area (Å²) in [5.41, 5.74) is 0.709.